The van der Waals surface area contributed by atoms with Crippen LogP contribution in [0.4, 0.5) is 11.4 Å². The molecule has 10 aromatic rings. The topological polar surface area (TPSA) is 33.5 Å². The van der Waals surface area contributed by atoms with Crippen LogP contribution < -0.4 is 32.1 Å². The van der Waals surface area contributed by atoms with Gasteiger partial charge in [-0.2, -0.15) is 21.9 Å². The van der Waals surface area contributed by atoms with E-state index in [1.165, 1.54) is 70.8 Å². The van der Waals surface area contributed by atoms with Crippen molar-refractivity contribution >= 4 is 66.8 Å². The predicted octanol–water partition coefficient (Wildman–Crippen LogP) is 10.1. The molecule has 4 heteroatoms. The Morgan fingerprint density at radius 3 is 1.17 bits per heavy atom. The van der Waals surface area contributed by atoms with Gasteiger partial charge in [0, 0.05) is 41.9 Å². The number of hydrogen-bond acceptors (Lipinski definition) is 1. The van der Waals surface area contributed by atoms with Crippen LogP contribution in [0.2, 0.25) is 0 Å². The summed E-state index contributed by atoms with van der Waals surface area (Å²) < 4.78 is 0. The second-order valence-electron chi connectivity index (χ2n) is 16.4. The number of carbonyl (C=O) groups excluding carboxylic acids is 1. The lowest BCUT2D eigenvalue weighted by Crippen LogP contribution is -3.00. The average molecular weight is 827 g/mol. The first-order valence-corrected chi connectivity index (χ1v) is 22.3. The first-order chi connectivity index (χ1) is 31.7. The molecule has 0 atom stereocenters. The molecule has 0 spiro atoms. The Balaban J connectivity index is 0.000000178. The molecule has 10 rings (SSSR count). The Kier molecular flexibility index (Phi) is 12.9. The van der Waals surface area contributed by atoms with Crippen LogP contribution in [0.5, 0.6) is 0 Å². The molecule has 0 heterocycles. The van der Waals surface area contributed by atoms with Crippen LogP contribution >= 0.6 is 0 Å². The molecule has 0 bridgehead atoms. The smallest absolute Gasteiger partial charge is 0.251 e. The quantitative estimate of drug-likeness (QED) is 0.118. The van der Waals surface area contributed by atoms with Crippen molar-refractivity contribution in [1.29, 1.82) is 0 Å². The zero-order valence-corrected chi connectivity index (χ0v) is 35.9. The van der Waals surface area contributed by atoms with E-state index in [4.69, 9.17) is 0 Å². The van der Waals surface area contributed by atoms with Gasteiger partial charge >= 0.3 is 0 Å². The molecule has 1 amide bonds. The van der Waals surface area contributed by atoms with Gasteiger partial charge in [0.2, 0.25) is 0 Å². The lowest BCUT2D eigenvalue weighted by Gasteiger charge is -2.44. The summed E-state index contributed by atoms with van der Waals surface area (Å²) >= 11 is 0. The van der Waals surface area contributed by atoms with E-state index in [9.17, 15) is 4.79 Å². The van der Waals surface area contributed by atoms with Gasteiger partial charge in [0.15, 0.2) is 0 Å². The molecular formula is C60H51BN2O. The molecule has 0 saturated carbocycles. The van der Waals surface area contributed by atoms with Gasteiger partial charge in [-0.15, -0.1) is 0 Å². The van der Waals surface area contributed by atoms with Crippen molar-refractivity contribution in [3.8, 4) is 0 Å². The molecule has 0 radical (unpaired) electrons. The Morgan fingerprint density at radius 1 is 0.375 bits per heavy atom. The maximum Gasteiger partial charge on any atom is 0.251 e. The lowest BCUT2D eigenvalue weighted by molar-refractivity contribution is -0.775. The number of amides is 1. The van der Waals surface area contributed by atoms with Crippen molar-refractivity contribution < 1.29 is 9.69 Å². The fourth-order valence-corrected chi connectivity index (χ4v) is 9.41. The van der Waals surface area contributed by atoms with Gasteiger partial charge in [-0.3, -0.25) is 9.69 Å². The van der Waals surface area contributed by atoms with Gasteiger partial charge in [-0.1, -0.05) is 212 Å². The summed E-state index contributed by atoms with van der Waals surface area (Å²) in [6.07, 6.45) is -0.440. The molecule has 0 aliphatic carbocycles. The SMILES string of the molecule is O=C(NCCc1ccccc1C[NH+](c1ccc2ccccc2c1)c1ccc2ccccc2c1)c1ccccc1.c1ccc([B-](c2ccccc2)(c2ccccc2)c2ccccc2)cc1. The van der Waals surface area contributed by atoms with E-state index in [2.05, 4.69) is 236 Å². The summed E-state index contributed by atoms with van der Waals surface area (Å²) in [5.41, 5.74) is 11.0. The number of fused-ring (bicyclic) bond motifs is 2. The van der Waals surface area contributed by atoms with E-state index in [0.717, 1.165) is 13.0 Å². The van der Waals surface area contributed by atoms with Crippen LogP contribution in [0.1, 0.15) is 21.5 Å². The summed E-state index contributed by atoms with van der Waals surface area (Å²) in [4.78, 5) is 13.9. The highest BCUT2D eigenvalue weighted by Gasteiger charge is 2.31. The van der Waals surface area contributed by atoms with Crippen molar-refractivity contribution in [2.45, 2.75) is 13.0 Å². The maximum atomic E-state index is 12.6. The number of nitrogens with one attached hydrogen (secondary N) is 2. The van der Waals surface area contributed by atoms with Gasteiger partial charge in [0.05, 0.1) is 0 Å². The Morgan fingerprint density at radius 2 is 0.734 bits per heavy atom. The minimum absolute atomic E-state index is 0.0346. The first kappa shape index (κ1) is 41.6. The van der Waals surface area contributed by atoms with E-state index in [0.29, 0.717) is 12.1 Å². The zero-order valence-electron chi connectivity index (χ0n) is 35.9. The minimum atomic E-state index is -1.22. The van der Waals surface area contributed by atoms with Gasteiger partial charge < -0.3 is 5.32 Å². The van der Waals surface area contributed by atoms with Gasteiger partial charge in [0.25, 0.3) is 5.91 Å². The fraction of sp³-hybridized carbons (Fsp3) is 0.0500. The van der Waals surface area contributed by atoms with Gasteiger partial charge in [-0.05, 0) is 57.8 Å². The Labute approximate surface area is 377 Å². The molecule has 0 unspecified atom stereocenters. The molecule has 0 fully saturated rings. The first-order valence-electron chi connectivity index (χ1n) is 22.3. The second-order valence-corrected chi connectivity index (χ2v) is 16.4. The molecule has 10 aromatic carbocycles. The molecule has 310 valence electrons. The van der Waals surface area contributed by atoms with Crippen LogP contribution in [0, 0.1) is 0 Å². The standard InChI is InChI=1S/C36H30N2O.C24H20B/c39-36(30-13-2-1-3-14-30)37-23-22-29-12-6-9-17-33(29)26-38(34-20-18-27-10-4-7-15-31(27)24-34)35-21-19-28-11-5-8-16-32(28)25-35;1-5-13-21(14-6-1)25(22-15-7-2-8-16-22,23-17-9-3-10-18-23)24-19-11-4-12-20-24/h1-21,24-25H,22-23,26H2,(H,37,39);1-20H/q;-1/p+1. The fourth-order valence-electron chi connectivity index (χ4n) is 9.41. The van der Waals surface area contributed by atoms with Crippen LogP contribution in [0.15, 0.2) is 261 Å². The summed E-state index contributed by atoms with van der Waals surface area (Å²) in [6, 6.07) is 92.1. The van der Waals surface area contributed by atoms with E-state index >= 15 is 0 Å². The third-order valence-electron chi connectivity index (χ3n) is 12.6. The molecule has 0 aliphatic heterocycles. The van der Waals surface area contributed by atoms with Crippen LogP contribution in [-0.2, 0) is 13.0 Å². The number of quaternary nitrogens is 1. The maximum absolute atomic E-state index is 12.6. The van der Waals surface area contributed by atoms with Crippen LogP contribution in [0.25, 0.3) is 21.5 Å². The third-order valence-corrected chi connectivity index (χ3v) is 12.6. The highest BCUT2D eigenvalue weighted by molar-refractivity contribution is 7.19. The molecule has 0 aliphatic rings. The van der Waals surface area contributed by atoms with Crippen molar-refractivity contribution in [2.75, 3.05) is 6.54 Å². The minimum Gasteiger partial charge on any atom is -0.352 e. The second kappa shape index (κ2) is 19.9. The van der Waals surface area contributed by atoms with Crippen molar-refractivity contribution in [2.24, 2.45) is 0 Å². The van der Waals surface area contributed by atoms with E-state index in [1.54, 1.807) is 0 Å². The van der Waals surface area contributed by atoms with Gasteiger partial charge in [-0.25, -0.2) is 0 Å². The monoisotopic (exact) mass is 826 g/mol. The van der Waals surface area contributed by atoms with Crippen LogP contribution in [-0.4, -0.2) is 18.6 Å². The Bertz CT molecular complexity index is 2830. The summed E-state index contributed by atoms with van der Waals surface area (Å²) in [5.74, 6) is -0.0346. The average Bonchev–Trinajstić information content (AvgIpc) is 3.38. The number of benzene rings is 10. The third kappa shape index (κ3) is 9.20. The Hall–Kier alpha value is -7.79. The molecule has 0 saturated heterocycles. The lowest BCUT2D eigenvalue weighted by atomic mass is 9.13. The van der Waals surface area contributed by atoms with Crippen molar-refractivity contribution in [3.63, 3.8) is 0 Å². The van der Waals surface area contributed by atoms with E-state index < -0.39 is 6.15 Å². The highest BCUT2D eigenvalue weighted by atomic mass is 16.1. The summed E-state index contributed by atoms with van der Waals surface area (Å²) in [6.45, 7) is 1.39. The van der Waals surface area contributed by atoms with Gasteiger partial charge in [0.1, 0.15) is 24.1 Å². The van der Waals surface area contributed by atoms with E-state index in [1.807, 2.05) is 30.3 Å². The highest BCUT2D eigenvalue weighted by Crippen LogP contribution is 2.22. The van der Waals surface area contributed by atoms with Crippen LogP contribution in [0.3, 0.4) is 0 Å². The summed E-state index contributed by atoms with van der Waals surface area (Å²) in [7, 11) is 0. The molecule has 0 aromatic heterocycles. The number of rotatable bonds is 12. The van der Waals surface area contributed by atoms with E-state index in [-0.39, 0.29) is 5.91 Å². The predicted molar refractivity (Wildman–Crippen MR) is 271 cm³/mol. The normalized spacial score (nSPS) is 11.2. The largest absolute Gasteiger partial charge is 0.352 e. The molecule has 3 nitrogen and oxygen atoms in total. The summed E-state index contributed by atoms with van der Waals surface area (Å²) in [5, 5.41) is 8.06. The van der Waals surface area contributed by atoms with Crippen molar-refractivity contribution in [3.05, 3.63) is 278 Å². The van der Waals surface area contributed by atoms with Crippen molar-refractivity contribution in [1.82, 2.24) is 5.32 Å². The molecule has 64 heavy (non-hydrogen) atoms. The number of carbonyl (C=O) groups is 1. The zero-order chi connectivity index (χ0) is 43.4. The number of hydrogen-bond donors (Lipinski definition) is 2. The molecule has 2 N–H and O–H groups in total. The molecular weight excluding hydrogens is 775 g/mol.